The van der Waals surface area contributed by atoms with Gasteiger partial charge in [-0.05, 0) is 31.9 Å². The molecule has 90 valence electrons. The summed E-state index contributed by atoms with van der Waals surface area (Å²) in [5, 5.41) is 7.93. The van der Waals surface area contributed by atoms with Gasteiger partial charge in [-0.15, -0.1) is 5.10 Å². The minimum absolute atomic E-state index is 0.162. The molecule has 0 amide bonds. The minimum Gasteiger partial charge on any atom is -0.319 e. The Balaban J connectivity index is 2.40. The first-order valence-electron chi connectivity index (χ1n) is 5.84. The molecule has 1 heterocycles. The lowest BCUT2D eigenvalue weighted by atomic mass is 9.98. The van der Waals surface area contributed by atoms with Crippen molar-refractivity contribution in [3.63, 3.8) is 0 Å². The van der Waals surface area contributed by atoms with E-state index >= 15 is 0 Å². The fourth-order valence-electron chi connectivity index (χ4n) is 2.09. The van der Waals surface area contributed by atoms with Gasteiger partial charge in [0.2, 0.25) is 0 Å². The van der Waals surface area contributed by atoms with E-state index in [1.807, 2.05) is 11.6 Å². The van der Waals surface area contributed by atoms with E-state index in [9.17, 15) is 0 Å². The fraction of sp³-hybridized carbons (Fsp3) is 0.385. The highest BCUT2D eigenvalue weighted by Gasteiger charge is 2.15. The second-order valence-corrected chi connectivity index (χ2v) is 4.31. The molecule has 17 heavy (non-hydrogen) atoms. The molecule has 0 radical (unpaired) electrons. The summed E-state index contributed by atoms with van der Waals surface area (Å²) in [5.74, 6) is 0. The minimum atomic E-state index is -0.162. The second-order valence-electron chi connectivity index (χ2n) is 4.31. The molecule has 2 N–H and O–H groups in total. The van der Waals surface area contributed by atoms with Gasteiger partial charge in [0.05, 0.1) is 17.9 Å². The second kappa shape index (κ2) is 4.67. The predicted octanol–water partition coefficient (Wildman–Crippen LogP) is 1.96. The molecule has 1 unspecified atom stereocenters. The Kier molecular flexibility index (Phi) is 3.24. The number of benzene rings is 1. The molecule has 1 aromatic carbocycles. The quantitative estimate of drug-likeness (QED) is 0.877. The maximum atomic E-state index is 6.29. The third-order valence-electron chi connectivity index (χ3n) is 3.03. The van der Waals surface area contributed by atoms with Crippen molar-refractivity contribution in [2.24, 2.45) is 5.73 Å². The molecule has 0 saturated heterocycles. The predicted molar refractivity (Wildman–Crippen MR) is 67.6 cm³/mol. The van der Waals surface area contributed by atoms with Crippen LogP contribution in [0.5, 0.6) is 0 Å². The van der Waals surface area contributed by atoms with Crippen LogP contribution in [0, 0.1) is 13.8 Å². The Morgan fingerprint density at radius 3 is 2.76 bits per heavy atom. The first kappa shape index (κ1) is 11.8. The van der Waals surface area contributed by atoms with Crippen LogP contribution in [0.15, 0.2) is 24.4 Å². The van der Waals surface area contributed by atoms with Gasteiger partial charge in [-0.25, -0.2) is 4.68 Å². The summed E-state index contributed by atoms with van der Waals surface area (Å²) in [7, 11) is 0. The lowest BCUT2D eigenvalue weighted by Crippen LogP contribution is -2.18. The number of aromatic nitrogens is 3. The molecule has 0 spiro atoms. The fourth-order valence-corrected chi connectivity index (χ4v) is 2.09. The van der Waals surface area contributed by atoms with Crippen LogP contribution in [0.3, 0.4) is 0 Å². The van der Waals surface area contributed by atoms with E-state index in [4.69, 9.17) is 5.73 Å². The van der Waals surface area contributed by atoms with E-state index in [0.29, 0.717) is 0 Å². The van der Waals surface area contributed by atoms with Crippen molar-refractivity contribution >= 4 is 0 Å². The Morgan fingerprint density at radius 1 is 1.35 bits per heavy atom. The number of aryl methyl sites for hydroxylation is 3. The highest BCUT2D eigenvalue weighted by Crippen LogP contribution is 2.22. The van der Waals surface area contributed by atoms with Crippen LogP contribution in [0.1, 0.15) is 35.3 Å². The lowest BCUT2D eigenvalue weighted by Gasteiger charge is -2.15. The average molecular weight is 230 g/mol. The van der Waals surface area contributed by atoms with Crippen molar-refractivity contribution in [2.75, 3.05) is 0 Å². The molecule has 0 saturated carbocycles. The van der Waals surface area contributed by atoms with Crippen LogP contribution in [-0.2, 0) is 6.54 Å². The molecule has 2 rings (SSSR count). The molecule has 2 aromatic rings. The van der Waals surface area contributed by atoms with Crippen LogP contribution in [-0.4, -0.2) is 15.0 Å². The number of hydrogen-bond acceptors (Lipinski definition) is 3. The number of hydrogen-bond donors (Lipinski definition) is 1. The summed E-state index contributed by atoms with van der Waals surface area (Å²) in [6.07, 6.45) is 1.74. The first-order valence-corrected chi connectivity index (χ1v) is 5.84. The molecule has 0 aliphatic rings. The van der Waals surface area contributed by atoms with E-state index in [1.165, 1.54) is 11.1 Å². The van der Waals surface area contributed by atoms with Crippen molar-refractivity contribution in [1.29, 1.82) is 0 Å². The topological polar surface area (TPSA) is 56.7 Å². The molecule has 0 aliphatic heterocycles. The highest BCUT2D eigenvalue weighted by molar-refractivity contribution is 5.36. The van der Waals surface area contributed by atoms with E-state index in [2.05, 4.69) is 42.4 Å². The van der Waals surface area contributed by atoms with Gasteiger partial charge in [0.1, 0.15) is 0 Å². The molecule has 1 atom stereocenters. The van der Waals surface area contributed by atoms with Crippen molar-refractivity contribution in [3.8, 4) is 0 Å². The first-order chi connectivity index (χ1) is 8.13. The van der Waals surface area contributed by atoms with Gasteiger partial charge in [-0.2, -0.15) is 0 Å². The molecule has 1 aromatic heterocycles. The maximum absolute atomic E-state index is 6.29. The third-order valence-corrected chi connectivity index (χ3v) is 3.03. The molecule has 0 fully saturated rings. The summed E-state index contributed by atoms with van der Waals surface area (Å²) >= 11 is 0. The lowest BCUT2D eigenvalue weighted by molar-refractivity contribution is 0.581. The van der Waals surface area contributed by atoms with Gasteiger partial charge >= 0.3 is 0 Å². The zero-order valence-electron chi connectivity index (χ0n) is 10.5. The zero-order valence-corrected chi connectivity index (χ0v) is 10.5. The van der Waals surface area contributed by atoms with Gasteiger partial charge in [-0.3, -0.25) is 0 Å². The zero-order chi connectivity index (χ0) is 12.4. The molecule has 0 bridgehead atoms. The summed E-state index contributed by atoms with van der Waals surface area (Å²) in [5.41, 5.74) is 10.8. The number of nitrogens with two attached hydrogens (primary N) is 1. The van der Waals surface area contributed by atoms with E-state index < -0.39 is 0 Å². The number of nitrogens with zero attached hydrogens (tertiary/aromatic N) is 3. The number of rotatable bonds is 3. The van der Waals surface area contributed by atoms with Crippen LogP contribution in [0.25, 0.3) is 0 Å². The smallest absolute Gasteiger partial charge is 0.0799 e. The van der Waals surface area contributed by atoms with Crippen molar-refractivity contribution in [3.05, 3.63) is 46.8 Å². The maximum Gasteiger partial charge on any atom is 0.0799 e. The molecule has 4 heteroatoms. The monoisotopic (exact) mass is 230 g/mol. The van der Waals surface area contributed by atoms with Crippen molar-refractivity contribution < 1.29 is 0 Å². The summed E-state index contributed by atoms with van der Waals surface area (Å²) < 4.78 is 1.84. The summed E-state index contributed by atoms with van der Waals surface area (Å²) in [4.78, 5) is 0. The van der Waals surface area contributed by atoms with Crippen LogP contribution >= 0.6 is 0 Å². The van der Waals surface area contributed by atoms with Crippen LogP contribution in [0.4, 0.5) is 0 Å². The third kappa shape index (κ3) is 2.22. The standard InChI is InChI=1S/C13H18N4/c1-4-17-12(8-15-16-17)13(14)11-6-5-9(2)7-10(11)3/h5-8,13H,4,14H2,1-3H3. The Bertz CT molecular complexity index is 516. The average Bonchev–Trinajstić information content (AvgIpc) is 2.76. The van der Waals surface area contributed by atoms with Crippen LogP contribution < -0.4 is 5.73 Å². The summed E-state index contributed by atoms with van der Waals surface area (Å²) in [6, 6.07) is 6.16. The summed E-state index contributed by atoms with van der Waals surface area (Å²) in [6.45, 7) is 6.99. The Morgan fingerprint density at radius 2 is 2.12 bits per heavy atom. The SMILES string of the molecule is CCn1nncc1C(N)c1ccc(C)cc1C. The van der Waals surface area contributed by atoms with Gasteiger partial charge < -0.3 is 5.73 Å². The van der Waals surface area contributed by atoms with Gasteiger partial charge in [-0.1, -0.05) is 29.0 Å². The van der Waals surface area contributed by atoms with E-state index in [-0.39, 0.29) is 6.04 Å². The molecular formula is C13H18N4. The Labute approximate surface area is 101 Å². The normalized spacial score (nSPS) is 12.7. The largest absolute Gasteiger partial charge is 0.319 e. The van der Waals surface area contributed by atoms with E-state index in [0.717, 1.165) is 17.8 Å². The van der Waals surface area contributed by atoms with Gasteiger partial charge in [0, 0.05) is 6.54 Å². The van der Waals surface area contributed by atoms with Gasteiger partial charge in [0.25, 0.3) is 0 Å². The molecule has 4 nitrogen and oxygen atoms in total. The van der Waals surface area contributed by atoms with Crippen molar-refractivity contribution in [2.45, 2.75) is 33.4 Å². The van der Waals surface area contributed by atoms with E-state index in [1.54, 1.807) is 6.20 Å². The van der Waals surface area contributed by atoms with Gasteiger partial charge in [0.15, 0.2) is 0 Å². The molecule has 0 aliphatic carbocycles. The Hall–Kier alpha value is -1.68. The molecular weight excluding hydrogens is 212 g/mol. The highest BCUT2D eigenvalue weighted by atomic mass is 15.4. The van der Waals surface area contributed by atoms with Crippen molar-refractivity contribution in [1.82, 2.24) is 15.0 Å². The van der Waals surface area contributed by atoms with Crippen LogP contribution in [0.2, 0.25) is 0 Å².